The minimum Gasteiger partial charge on any atom is -0.469 e. The first kappa shape index (κ1) is 47.5. The molecule has 0 aliphatic heterocycles. The molecule has 0 aromatic rings. The van der Waals surface area contributed by atoms with E-state index < -0.39 is 6.16 Å². The highest BCUT2D eigenvalue weighted by Gasteiger charge is 1.81. The van der Waals surface area contributed by atoms with Crippen LogP contribution in [0, 0.1) is 0 Å². The number of carbonyl (C=O) groups is 6. The molecule has 0 atom stereocenters. The molecule has 0 unspecified atom stereocenters. The van der Waals surface area contributed by atoms with Crippen LogP contribution >= 0.6 is 23.5 Å². The average Bonchev–Trinajstić information content (AvgIpc) is 2.76. The number of rotatable bonds is 0. The lowest BCUT2D eigenvalue weighted by Crippen LogP contribution is -2.11. The predicted octanol–water partition coefficient (Wildman–Crippen LogP) is 2.81. The van der Waals surface area contributed by atoms with Gasteiger partial charge in [0.05, 0.1) is 14.2 Å². The second-order valence-electron chi connectivity index (χ2n) is 4.17. The zero-order chi connectivity index (χ0) is 27.7. The van der Waals surface area contributed by atoms with Gasteiger partial charge in [0, 0.05) is 48.7 Å². The quantitative estimate of drug-likeness (QED) is 0.413. The second kappa shape index (κ2) is 46.8. The summed E-state index contributed by atoms with van der Waals surface area (Å²) in [6, 6.07) is 0. The van der Waals surface area contributed by atoms with Gasteiger partial charge in [-0.05, 0) is 12.5 Å². The molecule has 11 nitrogen and oxygen atoms in total. The fourth-order valence-corrected chi connectivity index (χ4v) is 0. The maximum Gasteiger partial charge on any atom is 0.505 e. The summed E-state index contributed by atoms with van der Waals surface area (Å²) in [7, 11) is 5.65. The van der Waals surface area contributed by atoms with Crippen molar-refractivity contribution in [2.75, 3.05) is 40.8 Å². The lowest BCUT2D eigenvalue weighted by atomic mass is 10.7. The van der Waals surface area contributed by atoms with E-state index in [1.54, 1.807) is 40.5 Å². The van der Waals surface area contributed by atoms with E-state index in [0.29, 0.717) is 0 Å². The number of amides is 2. The third-order valence-corrected chi connectivity index (χ3v) is 2.89. The zero-order valence-corrected chi connectivity index (χ0v) is 23.2. The molecule has 0 fully saturated rings. The van der Waals surface area contributed by atoms with E-state index in [-0.39, 0.29) is 28.0 Å². The van der Waals surface area contributed by atoms with E-state index in [0.717, 1.165) is 7.11 Å². The van der Waals surface area contributed by atoms with Gasteiger partial charge in [0.2, 0.25) is 11.8 Å². The van der Waals surface area contributed by atoms with Crippen molar-refractivity contribution in [1.29, 1.82) is 0 Å². The number of methoxy groups -OCH3 is 2. The van der Waals surface area contributed by atoms with Gasteiger partial charge in [-0.3, -0.25) is 24.0 Å². The molecule has 0 spiro atoms. The fraction of sp³-hybridized carbons (Fsp3) is 0.684. The molecule has 2 amide bonds. The van der Waals surface area contributed by atoms with Crippen LogP contribution in [-0.2, 0) is 33.4 Å². The number of ether oxygens (including phenoxy) is 2. The summed E-state index contributed by atoms with van der Waals surface area (Å²) in [5.74, 6) is -0.236. The largest absolute Gasteiger partial charge is 0.505 e. The highest BCUT2D eigenvalue weighted by molar-refractivity contribution is 8.13. The summed E-state index contributed by atoms with van der Waals surface area (Å²) < 4.78 is 7.78. The normalized spacial score (nSPS) is 6.78. The van der Waals surface area contributed by atoms with Gasteiger partial charge in [0.15, 0.2) is 10.2 Å². The molecule has 0 aromatic heterocycles. The summed E-state index contributed by atoms with van der Waals surface area (Å²) in [6.07, 6.45) is 2.29. The predicted molar refractivity (Wildman–Crippen MR) is 132 cm³/mol. The Hall–Kier alpha value is -2.28. The number of nitrogens with one attached hydrogen (secondary N) is 2. The lowest BCUT2D eigenvalue weighted by Gasteiger charge is -1.80. The van der Waals surface area contributed by atoms with E-state index in [4.69, 9.17) is 9.90 Å². The summed E-state index contributed by atoms with van der Waals surface area (Å²) in [5, 5.41) is 12.6. The highest BCUT2D eigenvalue weighted by Crippen LogP contribution is 1.88. The first-order valence-corrected chi connectivity index (χ1v) is 11.3. The van der Waals surface area contributed by atoms with Crippen molar-refractivity contribution in [1.82, 2.24) is 10.6 Å². The van der Waals surface area contributed by atoms with Gasteiger partial charge < -0.3 is 25.2 Å². The summed E-state index contributed by atoms with van der Waals surface area (Å²) >= 11 is 2.48. The van der Waals surface area contributed by atoms with Crippen LogP contribution < -0.4 is 10.6 Å². The van der Waals surface area contributed by atoms with E-state index in [9.17, 15) is 24.0 Å². The van der Waals surface area contributed by atoms with Crippen molar-refractivity contribution in [3.05, 3.63) is 0 Å². The Bertz CT molecular complexity index is 367. The van der Waals surface area contributed by atoms with Gasteiger partial charge in [-0.2, -0.15) is 0 Å². The molecule has 3 N–H and O–H groups in total. The molecule has 0 bridgehead atoms. The maximum absolute atomic E-state index is 9.78. The van der Waals surface area contributed by atoms with Crippen molar-refractivity contribution >= 4 is 57.7 Å². The molecule has 0 rings (SSSR count). The molecular weight excluding hydrogens is 464 g/mol. The van der Waals surface area contributed by atoms with Crippen LogP contribution in [0.2, 0.25) is 0 Å². The van der Waals surface area contributed by atoms with E-state index in [2.05, 4.69) is 20.1 Å². The Balaban J connectivity index is -0.0000000461. The molecule has 0 aromatic carbocycles. The van der Waals surface area contributed by atoms with E-state index >= 15 is 0 Å². The number of carbonyl (C=O) groups excluding carboxylic acids is 5. The van der Waals surface area contributed by atoms with E-state index in [1.807, 2.05) is 13.8 Å². The average molecular weight is 507 g/mol. The topological polar surface area (TPSA) is 165 Å². The minimum atomic E-state index is -1.25. The van der Waals surface area contributed by atoms with Crippen molar-refractivity contribution in [2.24, 2.45) is 0 Å². The molecular formula is C19H42N2O9S2. The molecule has 194 valence electrons. The summed E-state index contributed by atoms with van der Waals surface area (Å²) in [6.45, 7) is 11.4. The Morgan fingerprint density at radius 1 is 0.656 bits per heavy atom. The fourth-order valence-electron chi connectivity index (χ4n) is 0. The van der Waals surface area contributed by atoms with Crippen molar-refractivity contribution < 1.29 is 43.3 Å². The van der Waals surface area contributed by atoms with Crippen LogP contribution in [0.5, 0.6) is 0 Å². The van der Waals surface area contributed by atoms with Crippen molar-refractivity contribution in [3.63, 3.8) is 0 Å². The van der Waals surface area contributed by atoms with Crippen LogP contribution in [0.4, 0.5) is 4.79 Å². The number of hydrogen-bond donors (Lipinski definition) is 3. The second-order valence-corrected chi connectivity index (χ2v) is 6.14. The van der Waals surface area contributed by atoms with Gasteiger partial charge in [-0.1, -0.05) is 37.4 Å². The van der Waals surface area contributed by atoms with Gasteiger partial charge in [-0.25, -0.2) is 4.79 Å². The third-order valence-electron chi connectivity index (χ3n) is 1.74. The molecule has 0 saturated carbocycles. The Morgan fingerprint density at radius 3 is 0.781 bits per heavy atom. The minimum absolute atomic E-state index is 0.00463. The zero-order valence-electron chi connectivity index (χ0n) is 21.5. The molecule has 0 aliphatic rings. The van der Waals surface area contributed by atoms with Crippen LogP contribution in [0.25, 0.3) is 0 Å². The van der Waals surface area contributed by atoms with Crippen molar-refractivity contribution in [2.45, 2.75) is 48.5 Å². The van der Waals surface area contributed by atoms with Crippen LogP contribution in [0.15, 0.2) is 0 Å². The molecule has 0 aliphatic carbocycles. The summed E-state index contributed by atoms with van der Waals surface area (Å²) in [5.41, 5.74) is 0. The first-order valence-electron chi connectivity index (χ1n) is 8.90. The number of carboxylic acid groups (broad SMARTS) is 1. The summed E-state index contributed by atoms with van der Waals surface area (Å²) in [4.78, 5) is 57.7. The van der Waals surface area contributed by atoms with Crippen LogP contribution in [-0.4, -0.2) is 80.1 Å². The van der Waals surface area contributed by atoms with E-state index in [1.165, 1.54) is 51.4 Å². The third kappa shape index (κ3) is 209. The monoisotopic (exact) mass is 506 g/mol. The van der Waals surface area contributed by atoms with Gasteiger partial charge in [-0.15, -0.1) is 0 Å². The molecule has 0 heterocycles. The van der Waals surface area contributed by atoms with Crippen LogP contribution in [0.1, 0.15) is 48.5 Å². The Morgan fingerprint density at radius 2 is 0.781 bits per heavy atom. The van der Waals surface area contributed by atoms with Gasteiger partial charge >= 0.3 is 12.1 Å². The first-order chi connectivity index (χ1) is 14.6. The molecule has 13 heteroatoms. The number of esters is 1. The highest BCUT2D eigenvalue weighted by atomic mass is 32.2. The SMILES string of the molecule is CC.CNC(C)=O.CNC(C)=O.COC(=O)O.COC(C)=O.CSC(C)=O.CSC(C)=O. The van der Waals surface area contributed by atoms with Crippen molar-refractivity contribution in [3.8, 4) is 0 Å². The Labute approximate surface area is 201 Å². The molecule has 32 heavy (non-hydrogen) atoms. The maximum atomic E-state index is 9.78. The Kier molecular flexibility index (Phi) is 69.4. The standard InChI is InChI=1S/2C3H7NO.C3H6O2.2C3H6OS.C2H4O3.C2H6/c2*1-3(5)4-2;3*1-3(4)5-2;1-5-2(3)4;1-2/h2*1-2H3,(H,4,5);3*1-2H3;1H3,(H,3,4);1-2H3. The van der Waals surface area contributed by atoms with Gasteiger partial charge in [0.25, 0.3) is 0 Å². The lowest BCUT2D eigenvalue weighted by molar-refractivity contribution is -0.138. The molecule has 0 saturated heterocycles. The smallest absolute Gasteiger partial charge is 0.469 e. The number of thioether (sulfide) groups is 2. The van der Waals surface area contributed by atoms with Gasteiger partial charge in [0.1, 0.15) is 0 Å². The number of hydrogen-bond acceptors (Lipinski definition) is 10. The molecule has 0 radical (unpaired) electrons. The van der Waals surface area contributed by atoms with Crippen LogP contribution in [0.3, 0.4) is 0 Å².